The number of carbonyl (C=O) groups is 3. The van der Waals surface area contributed by atoms with E-state index >= 15 is 0 Å². The number of anilines is 1. The molecule has 2 bridgehead atoms. The molecule has 6 rings (SSSR count). The standard InChI is InChI=1S/C22H21F3N2O3/c1-2-11-3-5-12(6-4-11)26(21(30)22(23,24)25)10-27-19(28)17-13-7-8-14(16-9-15(13)16)18(17)20(27)29/h3-8,13-18H,2,9-10H2,1H3/t13-,14-,15-,16+,17-,18+/m1/s1. The molecule has 2 saturated carbocycles. The van der Waals surface area contributed by atoms with Gasteiger partial charge in [0, 0.05) is 5.69 Å². The highest BCUT2D eigenvalue weighted by Crippen LogP contribution is 2.65. The zero-order chi connectivity index (χ0) is 21.4. The van der Waals surface area contributed by atoms with Crippen LogP contribution in [0.5, 0.6) is 0 Å². The second-order valence-corrected chi connectivity index (χ2v) is 8.65. The second kappa shape index (κ2) is 6.43. The number of rotatable bonds is 4. The van der Waals surface area contributed by atoms with Crippen LogP contribution in [0.1, 0.15) is 18.9 Å². The number of allylic oxidation sites excluding steroid dienone is 2. The summed E-state index contributed by atoms with van der Waals surface area (Å²) in [4.78, 5) is 39.7. The Morgan fingerprint density at radius 1 is 1.03 bits per heavy atom. The highest BCUT2D eigenvalue weighted by molar-refractivity contribution is 6.07. The van der Waals surface area contributed by atoms with Crippen molar-refractivity contribution in [3.63, 3.8) is 0 Å². The molecule has 30 heavy (non-hydrogen) atoms. The van der Waals surface area contributed by atoms with Gasteiger partial charge in [-0.2, -0.15) is 13.2 Å². The monoisotopic (exact) mass is 418 g/mol. The molecule has 3 amide bonds. The first-order valence-electron chi connectivity index (χ1n) is 10.2. The van der Waals surface area contributed by atoms with Gasteiger partial charge in [0.2, 0.25) is 11.8 Å². The Balaban J connectivity index is 1.45. The topological polar surface area (TPSA) is 57.7 Å². The quantitative estimate of drug-likeness (QED) is 0.558. The molecule has 0 unspecified atom stereocenters. The smallest absolute Gasteiger partial charge is 0.286 e. The van der Waals surface area contributed by atoms with Gasteiger partial charge in [-0.25, -0.2) is 0 Å². The maximum atomic E-state index is 13.3. The molecule has 6 atom stereocenters. The van der Waals surface area contributed by atoms with Gasteiger partial charge in [0.25, 0.3) is 0 Å². The number of carbonyl (C=O) groups excluding carboxylic acids is 3. The molecule has 1 aliphatic heterocycles. The van der Waals surface area contributed by atoms with Crippen molar-refractivity contribution in [1.29, 1.82) is 0 Å². The van der Waals surface area contributed by atoms with Gasteiger partial charge in [0.15, 0.2) is 0 Å². The first-order chi connectivity index (χ1) is 14.2. The van der Waals surface area contributed by atoms with E-state index in [0.717, 1.165) is 16.9 Å². The lowest BCUT2D eigenvalue weighted by Crippen LogP contribution is -2.49. The fourth-order valence-electron chi connectivity index (χ4n) is 5.63. The van der Waals surface area contributed by atoms with Crippen molar-refractivity contribution in [2.24, 2.45) is 35.5 Å². The van der Waals surface area contributed by atoms with Crippen LogP contribution < -0.4 is 4.90 Å². The minimum Gasteiger partial charge on any atom is -0.286 e. The summed E-state index contributed by atoms with van der Waals surface area (Å²) in [6.07, 6.45) is 0.564. The molecule has 1 saturated heterocycles. The third-order valence-electron chi connectivity index (χ3n) is 7.18. The number of halogens is 3. The lowest BCUT2D eigenvalue weighted by molar-refractivity contribution is -0.171. The first kappa shape index (κ1) is 19.3. The van der Waals surface area contributed by atoms with E-state index in [1.807, 2.05) is 19.1 Å². The highest BCUT2D eigenvalue weighted by Gasteiger charge is 2.67. The normalized spacial score (nSPS) is 33.5. The van der Waals surface area contributed by atoms with Crippen LogP contribution in [0.15, 0.2) is 36.4 Å². The van der Waals surface area contributed by atoms with Gasteiger partial charge >= 0.3 is 12.1 Å². The third-order valence-corrected chi connectivity index (χ3v) is 7.18. The number of imide groups is 1. The summed E-state index contributed by atoms with van der Waals surface area (Å²) in [6, 6.07) is 6.11. The van der Waals surface area contributed by atoms with Crippen LogP contribution >= 0.6 is 0 Å². The van der Waals surface area contributed by atoms with Crippen LogP contribution in [0.3, 0.4) is 0 Å². The minimum atomic E-state index is -5.12. The molecule has 5 aliphatic rings. The number of likely N-dealkylation sites (tertiary alicyclic amines) is 1. The minimum absolute atomic E-state index is 0.00828. The number of aryl methyl sites for hydroxylation is 1. The lowest BCUT2D eigenvalue weighted by atomic mass is 9.63. The van der Waals surface area contributed by atoms with E-state index in [1.54, 1.807) is 12.1 Å². The van der Waals surface area contributed by atoms with E-state index in [1.165, 1.54) is 12.1 Å². The summed E-state index contributed by atoms with van der Waals surface area (Å²) in [5.41, 5.74) is 0.910. The maximum absolute atomic E-state index is 13.3. The Morgan fingerprint density at radius 2 is 1.57 bits per heavy atom. The van der Waals surface area contributed by atoms with Crippen molar-refractivity contribution in [3.05, 3.63) is 42.0 Å². The van der Waals surface area contributed by atoms with Gasteiger partial charge in [-0.1, -0.05) is 31.2 Å². The molecule has 0 spiro atoms. The molecule has 1 aromatic carbocycles. The number of nitrogens with zero attached hydrogens (tertiary/aromatic N) is 2. The Hall–Kier alpha value is -2.64. The van der Waals surface area contributed by atoms with Crippen LogP contribution in [0.25, 0.3) is 0 Å². The number of alkyl halides is 3. The average Bonchev–Trinajstić information content (AvgIpc) is 3.51. The molecular weight excluding hydrogens is 397 g/mol. The molecular formula is C22H21F3N2O3. The summed E-state index contributed by atoms with van der Waals surface area (Å²) < 4.78 is 39.9. The van der Waals surface area contributed by atoms with Crippen molar-refractivity contribution >= 4 is 23.4 Å². The van der Waals surface area contributed by atoms with Crippen molar-refractivity contribution < 1.29 is 27.6 Å². The zero-order valence-corrected chi connectivity index (χ0v) is 16.3. The van der Waals surface area contributed by atoms with Gasteiger partial charge < -0.3 is 0 Å². The molecule has 0 radical (unpaired) electrons. The van der Waals surface area contributed by atoms with Gasteiger partial charge in [-0.15, -0.1) is 0 Å². The molecule has 1 heterocycles. The molecule has 8 heteroatoms. The summed E-state index contributed by atoms with van der Waals surface area (Å²) in [6.45, 7) is 1.19. The number of hydrogen-bond acceptors (Lipinski definition) is 3. The fraction of sp³-hybridized carbons (Fsp3) is 0.500. The summed E-state index contributed by atoms with van der Waals surface area (Å²) in [7, 11) is 0. The molecule has 3 fully saturated rings. The predicted octanol–water partition coefficient (Wildman–Crippen LogP) is 3.15. The Labute approximate surface area is 171 Å². The van der Waals surface area contributed by atoms with Crippen LogP contribution in [-0.4, -0.2) is 35.5 Å². The Bertz CT molecular complexity index is 919. The number of benzene rings is 1. The Kier molecular flexibility index (Phi) is 4.14. The van der Waals surface area contributed by atoms with Crippen molar-refractivity contribution in [3.8, 4) is 0 Å². The lowest BCUT2D eigenvalue weighted by Gasteiger charge is -2.37. The van der Waals surface area contributed by atoms with Crippen molar-refractivity contribution in [1.82, 2.24) is 4.90 Å². The van der Waals surface area contributed by atoms with Gasteiger partial charge in [0.1, 0.15) is 6.67 Å². The second-order valence-electron chi connectivity index (χ2n) is 8.65. The van der Waals surface area contributed by atoms with Crippen LogP contribution in [0.2, 0.25) is 0 Å². The highest BCUT2D eigenvalue weighted by atomic mass is 19.4. The molecule has 158 valence electrons. The molecule has 0 N–H and O–H groups in total. The van der Waals surface area contributed by atoms with E-state index in [-0.39, 0.29) is 17.5 Å². The SMILES string of the molecule is CCc1ccc(N(CN2C(=O)[C@@H]3[C@@H]4C=C[C@H]([C@@H]5C[C@H]45)[C@@H]3C2=O)C(=O)C(F)(F)F)cc1. The molecule has 5 nitrogen and oxygen atoms in total. The molecule has 0 aromatic heterocycles. The van der Waals surface area contributed by atoms with E-state index < -0.39 is 42.4 Å². The summed E-state index contributed by atoms with van der Waals surface area (Å²) in [5, 5.41) is 0. The summed E-state index contributed by atoms with van der Waals surface area (Å²) in [5.74, 6) is -3.29. The van der Waals surface area contributed by atoms with Gasteiger partial charge in [-0.3, -0.25) is 24.2 Å². The van der Waals surface area contributed by atoms with E-state index in [2.05, 4.69) is 0 Å². The Morgan fingerprint density at radius 3 is 2.03 bits per heavy atom. The van der Waals surface area contributed by atoms with Crippen molar-refractivity contribution in [2.45, 2.75) is 25.9 Å². The van der Waals surface area contributed by atoms with Crippen LogP contribution in [-0.2, 0) is 20.8 Å². The summed E-state index contributed by atoms with van der Waals surface area (Å²) >= 11 is 0. The van der Waals surface area contributed by atoms with Gasteiger partial charge in [0.05, 0.1) is 11.8 Å². The fourth-order valence-corrected chi connectivity index (χ4v) is 5.63. The zero-order valence-electron chi connectivity index (χ0n) is 16.3. The molecule has 4 aliphatic carbocycles. The van der Waals surface area contributed by atoms with E-state index in [0.29, 0.717) is 23.2 Å². The predicted molar refractivity (Wildman–Crippen MR) is 101 cm³/mol. The van der Waals surface area contributed by atoms with E-state index in [4.69, 9.17) is 0 Å². The van der Waals surface area contributed by atoms with Gasteiger partial charge in [-0.05, 0) is 54.2 Å². The third kappa shape index (κ3) is 2.72. The van der Waals surface area contributed by atoms with Crippen LogP contribution in [0, 0.1) is 35.5 Å². The molecule has 1 aromatic rings. The average molecular weight is 418 g/mol. The number of amides is 3. The number of hydrogen-bond donors (Lipinski definition) is 0. The van der Waals surface area contributed by atoms with Crippen LogP contribution in [0.4, 0.5) is 18.9 Å². The first-order valence-corrected chi connectivity index (χ1v) is 10.2. The maximum Gasteiger partial charge on any atom is 0.471 e. The largest absolute Gasteiger partial charge is 0.471 e. The van der Waals surface area contributed by atoms with E-state index in [9.17, 15) is 27.6 Å². The van der Waals surface area contributed by atoms with Crippen molar-refractivity contribution in [2.75, 3.05) is 11.6 Å².